The van der Waals surface area contributed by atoms with Crippen molar-refractivity contribution in [2.24, 2.45) is 10.9 Å². The lowest BCUT2D eigenvalue weighted by Crippen LogP contribution is -2.25. The molecule has 6 nitrogen and oxygen atoms in total. The second kappa shape index (κ2) is 9.53. The van der Waals surface area contributed by atoms with Crippen LogP contribution in [0.25, 0.3) is 0 Å². The zero-order valence-electron chi connectivity index (χ0n) is 14.3. The van der Waals surface area contributed by atoms with Crippen molar-refractivity contribution in [3.63, 3.8) is 0 Å². The molecule has 0 aliphatic carbocycles. The number of halogens is 2. The SMILES string of the molecule is CCOC(=O)C(C=Nc1ccc(Cl)c(C(=O)OC(C)C)c1Cl)C(C)=O. The highest BCUT2D eigenvalue weighted by atomic mass is 35.5. The Bertz CT molecular complexity index is 701. The van der Waals surface area contributed by atoms with Crippen molar-refractivity contribution >= 4 is 52.8 Å². The van der Waals surface area contributed by atoms with Gasteiger partial charge in [-0.1, -0.05) is 23.2 Å². The van der Waals surface area contributed by atoms with Gasteiger partial charge in [0, 0.05) is 6.21 Å². The van der Waals surface area contributed by atoms with E-state index in [0.717, 1.165) is 6.21 Å². The third-order valence-electron chi connectivity index (χ3n) is 2.96. The summed E-state index contributed by atoms with van der Waals surface area (Å²) in [6.45, 7) is 6.41. The number of ketones is 1. The van der Waals surface area contributed by atoms with E-state index in [0.29, 0.717) is 0 Å². The van der Waals surface area contributed by atoms with Crippen LogP contribution in [0.4, 0.5) is 5.69 Å². The quantitative estimate of drug-likeness (QED) is 0.400. The van der Waals surface area contributed by atoms with Gasteiger partial charge < -0.3 is 9.47 Å². The largest absolute Gasteiger partial charge is 0.465 e. The molecule has 0 aromatic heterocycles. The van der Waals surface area contributed by atoms with Gasteiger partial charge in [0.05, 0.1) is 34.0 Å². The highest BCUT2D eigenvalue weighted by Gasteiger charge is 2.24. The van der Waals surface area contributed by atoms with Crippen molar-refractivity contribution in [2.45, 2.75) is 33.8 Å². The predicted molar refractivity (Wildman–Crippen MR) is 96.0 cm³/mol. The van der Waals surface area contributed by atoms with Crippen LogP contribution in [0, 0.1) is 5.92 Å². The number of carbonyl (C=O) groups is 3. The second-order valence-electron chi connectivity index (χ2n) is 5.33. The zero-order chi connectivity index (χ0) is 19.1. The van der Waals surface area contributed by atoms with Crippen molar-refractivity contribution in [1.82, 2.24) is 0 Å². The standard InChI is InChI=1S/C17H19Cl2NO5/c1-5-24-16(22)11(10(4)21)8-20-13-7-6-12(18)14(15(13)19)17(23)25-9(2)3/h6-9,11H,5H2,1-4H3. The topological polar surface area (TPSA) is 82.0 Å². The summed E-state index contributed by atoms with van der Waals surface area (Å²) in [6, 6.07) is 2.90. The van der Waals surface area contributed by atoms with Gasteiger partial charge >= 0.3 is 11.9 Å². The van der Waals surface area contributed by atoms with E-state index in [-0.39, 0.29) is 34.0 Å². The maximum absolute atomic E-state index is 12.1. The van der Waals surface area contributed by atoms with Crippen LogP contribution in [-0.2, 0) is 19.1 Å². The summed E-state index contributed by atoms with van der Waals surface area (Å²) in [5, 5.41) is 0.0867. The van der Waals surface area contributed by atoms with Crippen LogP contribution in [0.1, 0.15) is 38.1 Å². The van der Waals surface area contributed by atoms with Crippen LogP contribution < -0.4 is 0 Å². The molecule has 136 valence electrons. The first-order valence-corrected chi connectivity index (χ1v) is 8.34. The summed E-state index contributed by atoms with van der Waals surface area (Å²) < 4.78 is 9.93. The summed E-state index contributed by atoms with van der Waals surface area (Å²) in [6.07, 6.45) is 0.783. The van der Waals surface area contributed by atoms with Gasteiger partial charge in [-0.15, -0.1) is 0 Å². The molecular formula is C17H19Cl2NO5. The number of Topliss-reactive ketones (excluding diaryl/α,β-unsaturated/α-hetero) is 1. The Morgan fingerprint density at radius 2 is 1.88 bits per heavy atom. The number of benzene rings is 1. The smallest absolute Gasteiger partial charge is 0.341 e. The lowest BCUT2D eigenvalue weighted by atomic mass is 10.1. The monoisotopic (exact) mass is 387 g/mol. The van der Waals surface area contributed by atoms with E-state index in [1.165, 1.54) is 19.1 Å². The maximum Gasteiger partial charge on any atom is 0.341 e. The van der Waals surface area contributed by atoms with Crippen molar-refractivity contribution < 1.29 is 23.9 Å². The Morgan fingerprint density at radius 3 is 2.40 bits per heavy atom. The lowest BCUT2D eigenvalue weighted by Gasteiger charge is -2.12. The van der Waals surface area contributed by atoms with Gasteiger partial charge in [-0.05, 0) is 39.8 Å². The number of nitrogens with zero attached hydrogens (tertiary/aromatic N) is 1. The average molecular weight is 388 g/mol. The van der Waals surface area contributed by atoms with Gasteiger partial charge in [0.1, 0.15) is 5.78 Å². The fourth-order valence-corrected chi connectivity index (χ4v) is 2.39. The Morgan fingerprint density at radius 1 is 1.24 bits per heavy atom. The Kier molecular flexibility index (Phi) is 8.06. The molecule has 1 aromatic rings. The minimum Gasteiger partial charge on any atom is -0.465 e. The van der Waals surface area contributed by atoms with E-state index in [2.05, 4.69) is 4.99 Å². The minimum atomic E-state index is -1.15. The van der Waals surface area contributed by atoms with E-state index < -0.39 is 23.6 Å². The van der Waals surface area contributed by atoms with Crippen molar-refractivity contribution in [1.29, 1.82) is 0 Å². The molecule has 0 fully saturated rings. The fraction of sp³-hybridized carbons (Fsp3) is 0.412. The molecule has 0 spiro atoms. The summed E-state index contributed by atoms with van der Waals surface area (Å²) in [4.78, 5) is 39.5. The third-order valence-corrected chi connectivity index (χ3v) is 3.66. The van der Waals surface area contributed by atoms with E-state index in [1.807, 2.05) is 0 Å². The van der Waals surface area contributed by atoms with Gasteiger partial charge in [0.25, 0.3) is 0 Å². The van der Waals surface area contributed by atoms with Crippen molar-refractivity contribution in [3.05, 3.63) is 27.7 Å². The highest BCUT2D eigenvalue weighted by Crippen LogP contribution is 2.34. The fourth-order valence-electron chi connectivity index (χ4n) is 1.82. The number of aliphatic imine (C=N–C) groups is 1. The highest BCUT2D eigenvalue weighted by molar-refractivity contribution is 6.41. The molecule has 1 unspecified atom stereocenters. The number of rotatable bonds is 7. The molecule has 0 heterocycles. The van der Waals surface area contributed by atoms with Gasteiger partial charge in [-0.3, -0.25) is 14.6 Å². The van der Waals surface area contributed by atoms with Crippen LogP contribution in [-0.4, -0.2) is 36.6 Å². The number of ether oxygens (including phenoxy) is 2. The number of hydrogen-bond acceptors (Lipinski definition) is 6. The number of carbonyl (C=O) groups excluding carboxylic acids is 3. The average Bonchev–Trinajstić information content (AvgIpc) is 2.48. The molecule has 0 aliphatic rings. The van der Waals surface area contributed by atoms with Crippen molar-refractivity contribution in [2.75, 3.05) is 6.61 Å². The van der Waals surface area contributed by atoms with Crippen LogP contribution in [0.2, 0.25) is 10.0 Å². The Labute approximate surface area is 156 Å². The van der Waals surface area contributed by atoms with Gasteiger partial charge in [0.2, 0.25) is 0 Å². The Hall–Kier alpha value is -1.92. The Balaban J connectivity index is 3.19. The number of hydrogen-bond donors (Lipinski definition) is 0. The maximum atomic E-state index is 12.1. The van der Waals surface area contributed by atoms with Gasteiger partial charge in [-0.2, -0.15) is 0 Å². The van der Waals surface area contributed by atoms with E-state index in [9.17, 15) is 14.4 Å². The van der Waals surface area contributed by atoms with E-state index >= 15 is 0 Å². The van der Waals surface area contributed by atoms with Crippen molar-refractivity contribution in [3.8, 4) is 0 Å². The molecule has 0 bridgehead atoms. The summed E-state index contributed by atoms with van der Waals surface area (Å²) >= 11 is 12.2. The van der Waals surface area contributed by atoms with E-state index in [4.69, 9.17) is 32.7 Å². The molecule has 0 N–H and O–H groups in total. The first-order chi connectivity index (χ1) is 11.7. The molecule has 0 radical (unpaired) electrons. The van der Waals surface area contributed by atoms with E-state index in [1.54, 1.807) is 20.8 Å². The predicted octanol–water partition coefficient (Wildman–Crippen LogP) is 4.03. The minimum absolute atomic E-state index is 0.0257. The summed E-state index contributed by atoms with van der Waals surface area (Å²) in [5.74, 6) is -2.97. The first kappa shape index (κ1) is 21.1. The molecule has 1 atom stereocenters. The molecule has 1 rings (SSSR count). The third kappa shape index (κ3) is 5.83. The van der Waals surface area contributed by atoms with Crippen LogP contribution in [0.3, 0.4) is 0 Å². The zero-order valence-corrected chi connectivity index (χ0v) is 15.9. The molecule has 8 heteroatoms. The molecule has 0 aliphatic heterocycles. The molecule has 1 aromatic carbocycles. The molecular weight excluding hydrogens is 369 g/mol. The van der Waals surface area contributed by atoms with Gasteiger partial charge in [0.15, 0.2) is 5.92 Å². The normalized spacial score (nSPS) is 12.3. The first-order valence-electron chi connectivity index (χ1n) is 7.59. The summed E-state index contributed by atoms with van der Waals surface area (Å²) in [5.41, 5.74) is 0.152. The summed E-state index contributed by atoms with van der Waals surface area (Å²) in [7, 11) is 0. The van der Waals surface area contributed by atoms with Crippen LogP contribution >= 0.6 is 23.2 Å². The molecule has 0 amide bonds. The number of esters is 2. The van der Waals surface area contributed by atoms with Crippen LogP contribution in [0.15, 0.2) is 17.1 Å². The van der Waals surface area contributed by atoms with Crippen LogP contribution in [0.5, 0.6) is 0 Å². The molecule has 25 heavy (non-hydrogen) atoms. The molecule has 0 saturated carbocycles. The lowest BCUT2D eigenvalue weighted by molar-refractivity contribution is -0.148. The second-order valence-corrected chi connectivity index (χ2v) is 6.11. The molecule has 0 saturated heterocycles. The van der Waals surface area contributed by atoms with Gasteiger partial charge in [-0.25, -0.2) is 4.79 Å².